The highest BCUT2D eigenvalue weighted by atomic mass is 32.2. The number of hydrogen-bond donors (Lipinski definition) is 1. The van der Waals surface area contributed by atoms with Gasteiger partial charge in [-0.15, -0.1) is 11.3 Å². The molecule has 3 aromatic rings. The third-order valence-corrected chi connectivity index (χ3v) is 7.28. The Balaban J connectivity index is 1.49. The van der Waals surface area contributed by atoms with Crippen molar-refractivity contribution in [3.63, 3.8) is 0 Å². The van der Waals surface area contributed by atoms with E-state index in [9.17, 15) is 14.3 Å². The molecule has 0 saturated carbocycles. The van der Waals surface area contributed by atoms with Crippen LogP contribution in [-0.4, -0.2) is 46.8 Å². The molecule has 1 atom stereocenters. The Bertz CT molecular complexity index is 1080. The van der Waals surface area contributed by atoms with Gasteiger partial charge in [0.1, 0.15) is 23.0 Å². The van der Waals surface area contributed by atoms with E-state index in [0.29, 0.717) is 29.8 Å². The lowest BCUT2D eigenvalue weighted by molar-refractivity contribution is 0.126. The number of halogens is 1. The molecule has 1 N–H and O–H groups in total. The first-order valence-electron chi connectivity index (χ1n) is 9.80. The normalized spacial score (nSPS) is 14.2. The molecule has 0 bridgehead atoms. The van der Waals surface area contributed by atoms with Gasteiger partial charge in [-0.25, -0.2) is 9.37 Å². The van der Waals surface area contributed by atoms with E-state index < -0.39 is 6.10 Å². The summed E-state index contributed by atoms with van der Waals surface area (Å²) in [5, 5.41) is 11.6. The van der Waals surface area contributed by atoms with Crippen molar-refractivity contribution in [2.45, 2.75) is 37.1 Å². The molecule has 1 aromatic carbocycles. The van der Waals surface area contributed by atoms with Gasteiger partial charge in [-0.1, -0.05) is 11.8 Å². The summed E-state index contributed by atoms with van der Waals surface area (Å²) in [6.07, 6.45) is 2.26. The minimum atomic E-state index is -0.767. The summed E-state index contributed by atoms with van der Waals surface area (Å²) in [4.78, 5) is 20.0. The van der Waals surface area contributed by atoms with Crippen molar-refractivity contribution in [3.05, 3.63) is 50.9 Å². The van der Waals surface area contributed by atoms with Crippen LogP contribution in [0.25, 0.3) is 10.2 Å². The van der Waals surface area contributed by atoms with Crippen LogP contribution in [0.1, 0.15) is 16.9 Å². The largest absolute Gasteiger partial charge is 0.491 e. The van der Waals surface area contributed by atoms with Crippen LogP contribution in [0.3, 0.4) is 0 Å². The number of rotatable bonds is 9. The summed E-state index contributed by atoms with van der Waals surface area (Å²) in [6.45, 7) is 0.882. The third kappa shape index (κ3) is 4.54. The zero-order chi connectivity index (χ0) is 21.1. The van der Waals surface area contributed by atoms with Crippen molar-refractivity contribution in [2.75, 3.05) is 26.1 Å². The van der Waals surface area contributed by atoms with E-state index in [1.54, 1.807) is 23.0 Å². The minimum Gasteiger partial charge on any atom is -0.491 e. The molecule has 1 aliphatic carbocycles. The second-order valence-corrected chi connectivity index (χ2v) is 9.18. The van der Waals surface area contributed by atoms with Gasteiger partial charge in [0.25, 0.3) is 5.56 Å². The van der Waals surface area contributed by atoms with Gasteiger partial charge in [-0.3, -0.25) is 9.36 Å². The minimum absolute atomic E-state index is 0.0315. The van der Waals surface area contributed by atoms with Gasteiger partial charge in [0.05, 0.1) is 24.6 Å². The first-order chi connectivity index (χ1) is 14.6. The van der Waals surface area contributed by atoms with Crippen LogP contribution in [0.15, 0.2) is 34.2 Å². The summed E-state index contributed by atoms with van der Waals surface area (Å²) in [5.74, 6) is 0.468. The van der Waals surface area contributed by atoms with Gasteiger partial charge in [-0.05, 0) is 49.1 Å². The van der Waals surface area contributed by atoms with Gasteiger partial charge < -0.3 is 14.6 Å². The summed E-state index contributed by atoms with van der Waals surface area (Å²) in [7, 11) is 1.60. The van der Waals surface area contributed by atoms with Crippen molar-refractivity contribution in [2.24, 2.45) is 0 Å². The maximum absolute atomic E-state index is 13.2. The SMILES string of the molecule is COCCn1c(SCC(O)COc2ccc(F)cc2)nc2sc3c(c2c1=O)CCC3. The molecule has 9 heteroatoms. The van der Waals surface area contributed by atoms with Crippen LogP contribution in [-0.2, 0) is 24.1 Å². The van der Waals surface area contributed by atoms with Gasteiger partial charge in [0, 0.05) is 17.7 Å². The van der Waals surface area contributed by atoms with Crippen molar-refractivity contribution in [1.29, 1.82) is 0 Å². The average molecular weight is 451 g/mol. The molecular weight excluding hydrogens is 427 g/mol. The number of benzene rings is 1. The Labute approximate surface area is 181 Å². The first kappa shape index (κ1) is 21.3. The molecule has 0 spiro atoms. The Morgan fingerprint density at radius 2 is 2.13 bits per heavy atom. The number of nitrogens with zero attached hydrogens (tertiary/aromatic N) is 2. The van der Waals surface area contributed by atoms with E-state index in [4.69, 9.17) is 14.5 Å². The number of aryl methyl sites for hydroxylation is 2. The average Bonchev–Trinajstić information content (AvgIpc) is 3.32. The van der Waals surface area contributed by atoms with E-state index in [-0.39, 0.29) is 18.0 Å². The predicted octanol–water partition coefficient (Wildman–Crippen LogP) is 3.26. The standard InChI is InChI=1S/C21H23FN2O4S2/c1-27-10-9-24-20(26)18-16-3-2-4-17(16)30-19(18)23-21(24)29-12-14(25)11-28-15-7-5-13(22)6-8-15/h5-8,14,25H,2-4,9-12H2,1H3. The Morgan fingerprint density at radius 3 is 2.90 bits per heavy atom. The van der Waals surface area contributed by atoms with E-state index >= 15 is 0 Å². The molecule has 2 heterocycles. The number of ether oxygens (including phenoxy) is 2. The molecule has 0 radical (unpaired) electrons. The van der Waals surface area contributed by atoms with Crippen molar-refractivity contribution >= 4 is 33.3 Å². The highest BCUT2D eigenvalue weighted by molar-refractivity contribution is 7.99. The summed E-state index contributed by atoms with van der Waals surface area (Å²) >= 11 is 2.93. The molecule has 0 amide bonds. The fraction of sp³-hybridized carbons (Fsp3) is 0.429. The van der Waals surface area contributed by atoms with Crippen LogP contribution in [0.2, 0.25) is 0 Å². The topological polar surface area (TPSA) is 73.6 Å². The van der Waals surface area contributed by atoms with Crippen LogP contribution in [0.5, 0.6) is 5.75 Å². The molecule has 4 rings (SSSR count). The third-order valence-electron chi connectivity index (χ3n) is 4.97. The number of aromatic nitrogens is 2. The van der Waals surface area contributed by atoms with Crippen LogP contribution in [0, 0.1) is 5.82 Å². The molecule has 6 nitrogen and oxygen atoms in total. The molecule has 2 aromatic heterocycles. The number of thioether (sulfide) groups is 1. The van der Waals surface area contributed by atoms with Crippen LogP contribution < -0.4 is 10.3 Å². The van der Waals surface area contributed by atoms with Crippen molar-refractivity contribution in [1.82, 2.24) is 9.55 Å². The van der Waals surface area contributed by atoms with Gasteiger partial charge in [0.2, 0.25) is 0 Å². The fourth-order valence-corrected chi connectivity index (χ4v) is 5.72. The predicted molar refractivity (Wildman–Crippen MR) is 116 cm³/mol. The molecule has 30 heavy (non-hydrogen) atoms. The lowest BCUT2D eigenvalue weighted by Crippen LogP contribution is -2.26. The maximum Gasteiger partial charge on any atom is 0.263 e. The van der Waals surface area contributed by atoms with Gasteiger partial charge in [0.15, 0.2) is 5.16 Å². The Morgan fingerprint density at radius 1 is 1.33 bits per heavy atom. The zero-order valence-electron chi connectivity index (χ0n) is 16.6. The summed E-state index contributed by atoms with van der Waals surface area (Å²) in [6, 6.07) is 5.65. The smallest absolute Gasteiger partial charge is 0.263 e. The van der Waals surface area contributed by atoms with E-state index in [1.807, 2.05) is 0 Å². The molecule has 0 saturated heterocycles. The van der Waals surface area contributed by atoms with Gasteiger partial charge >= 0.3 is 0 Å². The maximum atomic E-state index is 13.2. The highest BCUT2D eigenvalue weighted by Crippen LogP contribution is 2.35. The number of thiophene rings is 1. The fourth-order valence-electron chi connectivity index (χ4n) is 3.49. The number of methoxy groups -OCH3 is 1. The van der Waals surface area contributed by atoms with Gasteiger partial charge in [-0.2, -0.15) is 0 Å². The summed E-state index contributed by atoms with van der Waals surface area (Å²) in [5.41, 5.74) is 1.12. The quantitative estimate of drug-likeness (QED) is 0.399. The number of aliphatic hydroxyl groups excluding tert-OH is 1. The zero-order valence-corrected chi connectivity index (χ0v) is 18.2. The van der Waals surface area contributed by atoms with Crippen molar-refractivity contribution in [3.8, 4) is 5.75 Å². The number of fused-ring (bicyclic) bond motifs is 3. The molecule has 0 aliphatic heterocycles. The number of aliphatic hydroxyl groups is 1. The second kappa shape index (κ2) is 9.47. The van der Waals surface area contributed by atoms with Crippen LogP contribution in [0.4, 0.5) is 4.39 Å². The lowest BCUT2D eigenvalue weighted by Gasteiger charge is -2.15. The Kier molecular flexibility index (Phi) is 6.72. The second-order valence-electron chi connectivity index (χ2n) is 7.11. The van der Waals surface area contributed by atoms with E-state index in [0.717, 1.165) is 35.0 Å². The number of hydrogen-bond acceptors (Lipinski definition) is 7. The first-order valence-corrected chi connectivity index (χ1v) is 11.6. The summed E-state index contributed by atoms with van der Waals surface area (Å²) < 4.78 is 25.3. The van der Waals surface area contributed by atoms with Crippen molar-refractivity contribution < 1.29 is 19.0 Å². The lowest BCUT2D eigenvalue weighted by atomic mass is 10.2. The highest BCUT2D eigenvalue weighted by Gasteiger charge is 2.23. The monoisotopic (exact) mass is 450 g/mol. The molecule has 1 aliphatic rings. The molecule has 160 valence electrons. The van der Waals surface area contributed by atoms with E-state index in [1.165, 1.54) is 40.9 Å². The Hall–Kier alpha value is -1.94. The molecular formula is C21H23FN2O4S2. The molecule has 1 unspecified atom stereocenters. The molecule has 0 fully saturated rings. The van der Waals surface area contributed by atoms with E-state index in [2.05, 4.69) is 0 Å². The van der Waals surface area contributed by atoms with Crippen LogP contribution >= 0.6 is 23.1 Å².